The summed E-state index contributed by atoms with van der Waals surface area (Å²) in [6, 6.07) is 23.5. The first-order chi connectivity index (χ1) is 23.7. The maximum atomic E-state index is 11.3. The number of Topliss-reactive ketones (excluding diaryl/α,β-unsaturated/α-hetero) is 1. The molecule has 0 aliphatic carbocycles. The zero-order valence-electron chi connectivity index (χ0n) is 28.4. The summed E-state index contributed by atoms with van der Waals surface area (Å²) in [5.74, 6) is 3.35. The Balaban J connectivity index is 0.000000155. The molecule has 10 nitrogen and oxygen atoms in total. The van der Waals surface area contributed by atoms with Gasteiger partial charge in [-0.1, -0.05) is 19.9 Å². The van der Waals surface area contributed by atoms with Gasteiger partial charge in [-0.25, -0.2) is 19.9 Å². The van der Waals surface area contributed by atoms with Crippen molar-refractivity contribution < 1.29 is 13.6 Å². The van der Waals surface area contributed by atoms with Crippen LogP contribution in [-0.4, -0.2) is 34.9 Å². The Morgan fingerprint density at radius 2 is 1.16 bits per heavy atom. The van der Waals surface area contributed by atoms with Crippen molar-refractivity contribution in [2.24, 2.45) is 0 Å². The molecule has 4 aromatic carbocycles. The lowest BCUT2D eigenvalue weighted by atomic mass is 10.1. The average molecular weight is 654 g/mol. The number of nitrogen functional groups attached to an aromatic ring is 1. The number of rotatable bonds is 8. The molecule has 0 unspecified atom stereocenters. The summed E-state index contributed by atoms with van der Waals surface area (Å²) in [6.07, 6.45) is 2.57. The van der Waals surface area contributed by atoms with Crippen molar-refractivity contribution in [1.29, 1.82) is 0 Å². The number of nitrogens with zero attached hydrogens (tertiary/aromatic N) is 6. The number of nitrogens with two attached hydrogens (primary N) is 1. The molecule has 0 atom stereocenters. The number of hydrogen-bond donors (Lipinski definition) is 1. The fraction of sp³-hybridized carbons (Fsp3) is 0.256. The first kappa shape index (κ1) is 31.8. The van der Waals surface area contributed by atoms with Crippen molar-refractivity contribution in [3.05, 3.63) is 90.0 Å². The van der Waals surface area contributed by atoms with E-state index in [1.165, 1.54) is 0 Å². The summed E-state index contributed by atoms with van der Waals surface area (Å²) in [6.45, 7) is 11.9. The molecule has 248 valence electrons. The van der Waals surface area contributed by atoms with E-state index in [0.29, 0.717) is 23.9 Å². The fourth-order valence-electron chi connectivity index (χ4n) is 6.34. The maximum Gasteiger partial charge on any atom is 0.227 e. The van der Waals surface area contributed by atoms with Gasteiger partial charge in [-0.15, -0.1) is 0 Å². The number of oxazole rings is 2. The number of anilines is 1. The van der Waals surface area contributed by atoms with E-state index in [1.807, 2.05) is 74.5 Å². The molecule has 0 amide bonds. The van der Waals surface area contributed by atoms with Gasteiger partial charge >= 0.3 is 0 Å². The standard InChI is InChI=1S/C21H21N3O2.C18H18N4O/c1-4-9-24-14(3)22-17-12-16(6-7-19(17)24)21-23-18-11-15(10-13(2)25)5-8-20(18)26-21;1-3-8-22-11(2)20-14-9-12(4-6-16(14)22)18-21-15-10-13(19)5-7-17(15)23-18/h5-8,11-12H,4,9-10H2,1-3H3;4-7,9-10H,3,8,19H2,1-2H3. The third-order valence-corrected chi connectivity index (χ3v) is 8.58. The number of aromatic nitrogens is 6. The van der Waals surface area contributed by atoms with Crippen LogP contribution in [0.5, 0.6) is 0 Å². The molecule has 10 heteroatoms. The molecule has 4 aromatic heterocycles. The Labute approximate surface area is 283 Å². The van der Waals surface area contributed by atoms with Gasteiger partial charge in [0.25, 0.3) is 0 Å². The molecule has 8 aromatic rings. The highest BCUT2D eigenvalue weighted by molar-refractivity contribution is 5.85. The summed E-state index contributed by atoms with van der Waals surface area (Å²) < 4.78 is 16.2. The van der Waals surface area contributed by atoms with Crippen LogP contribution in [0.4, 0.5) is 5.69 Å². The van der Waals surface area contributed by atoms with Gasteiger partial charge < -0.3 is 23.7 Å². The lowest BCUT2D eigenvalue weighted by molar-refractivity contribution is -0.116. The van der Waals surface area contributed by atoms with Crippen molar-refractivity contribution in [2.45, 2.75) is 67.0 Å². The number of carbonyl (C=O) groups excluding carboxylic acids is 1. The molecular weight excluding hydrogens is 614 g/mol. The predicted molar refractivity (Wildman–Crippen MR) is 194 cm³/mol. The summed E-state index contributed by atoms with van der Waals surface area (Å²) >= 11 is 0. The predicted octanol–water partition coefficient (Wildman–Crippen LogP) is 8.84. The Morgan fingerprint density at radius 3 is 1.67 bits per heavy atom. The van der Waals surface area contributed by atoms with Crippen molar-refractivity contribution >= 4 is 55.7 Å². The zero-order chi connectivity index (χ0) is 34.2. The topological polar surface area (TPSA) is 131 Å². The monoisotopic (exact) mass is 653 g/mol. The molecule has 0 bridgehead atoms. The van der Waals surface area contributed by atoms with Crippen molar-refractivity contribution in [2.75, 3.05) is 5.73 Å². The normalized spacial score (nSPS) is 11.5. The van der Waals surface area contributed by atoms with E-state index in [9.17, 15) is 4.79 Å². The first-order valence-corrected chi connectivity index (χ1v) is 16.7. The second-order valence-corrected chi connectivity index (χ2v) is 12.5. The number of imidazole rings is 2. The smallest absolute Gasteiger partial charge is 0.227 e. The van der Waals surface area contributed by atoms with E-state index in [4.69, 9.17) is 14.6 Å². The van der Waals surface area contributed by atoms with Gasteiger partial charge in [0, 0.05) is 36.3 Å². The highest BCUT2D eigenvalue weighted by Crippen LogP contribution is 2.30. The van der Waals surface area contributed by atoms with Crippen molar-refractivity contribution in [3.8, 4) is 22.9 Å². The minimum atomic E-state index is 0.136. The van der Waals surface area contributed by atoms with Gasteiger partial charge in [-0.05, 0) is 106 Å². The van der Waals surface area contributed by atoms with Gasteiger partial charge in [0.2, 0.25) is 11.8 Å². The largest absolute Gasteiger partial charge is 0.436 e. The Kier molecular flexibility index (Phi) is 8.46. The van der Waals surface area contributed by atoms with Gasteiger partial charge in [0.15, 0.2) is 11.2 Å². The number of ketones is 1. The minimum Gasteiger partial charge on any atom is -0.436 e. The van der Waals surface area contributed by atoms with Crippen LogP contribution in [0.25, 0.3) is 67.2 Å². The van der Waals surface area contributed by atoms with Crippen LogP contribution in [0.15, 0.2) is 81.6 Å². The molecule has 49 heavy (non-hydrogen) atoms. The van der Waals surface area contributed by atoms with Gasteiger partial charge in [-0.3, -0.25) is 4.79 Å². The Morgan fingerprint density at radius 1 is 0.653 bits per heavy atom. The number of hydrogen-bond acceptors (Lipinski definition) is 8. The quantitative estimate of drug-likeness (QED) is 0.161. The first-order valence-electron chi connectivity index (χ1n) is 16.7. The van der Waals surface area contributed by atoms with Gasteiger partial charge in [-0.2, -0.15) is 0 Å². The number of carbonyl (C=O) groups is 1. The molecular formula is C39H39N7O3. The third-order valence-electron chi connectivity index (χ3n) is 8.58. The van der Waals surface area contributed by atoms with Gasteiger partial charge in [0.1, 0.15) is 28.5 Å². The Bertz CT molecular complexity index is 2480. The van der Waals surface area contributed by atoms with E-state index in [1.54, 1.807) is 6.92 Å². The van der Waals surface area contributed by atoms with Crippen molar-refractivity contribution in [3.63, 3.8) is 0 Å². The molecule has 0 fully saturated rings. The second-order valence-electron chi connectivity index (χ2n) is 12.5. The molecule has 0 saturated heterocycles. The summed E-state index contributed by atoms with van der Waals surface area (Å²) in [7, 11) is 0. The van der Waals surface area contributed by atoms with Crippen LogP contribution in [0.2, 0.25) is 0 Å². The van der Waals surface area contributed by atoms with Crippen molar-refractivity contribution in [1.82, 2.24) is 29.1 Å². The van der Waals surface area contributed by atoms with E-state index < -0.39 is 0 Å². The lowest BCUT2D eigenvalue weighted by Crippen LogP contribution is -1.98. The number of fused-ring (bicyclic) bond motifs is 4. The molecule has 0 saturated carbocycles. The minimum absolute atomic E-state index is 0.136. The average Bonchev–Trinajstić information content (AvgIpc) is 3.84. The SMILES string of the molecule is CCCn1c(C)nc2cc(-c3nc4cc(CC(C)=O)ccc4o3)ccc21.CCCn1c(C)nc2cc(-c3nc4cc(N)ccc4o3)ccc21. The summed E-state index contributed by atoms with van der Waals surface area (Å²) in [5.41, 5.74) is 16.5. The highest BCUT2D eigenvalue weighted by atomic mass is 16.4. The molecule has 0 spiro atoms. The maximum absolute atomic E-state index is 11.3. The molecule has 0 aliphatic rings. The van der Waals surface area contributed by atoms with E-state index in [-0.39, 0.29) is 5.78 Å². The van der Waals surface area contributed by atoms with Crippen LogP contribution in [-0.2, 0) is 24.3 Å². The van der Waals surface area contributed by atoms with E-state index in [2.05, 4.69) is 55.1 Å². The summed E-state index contributed by atoms with van der Waals surface area (Å²) in [4.78, 5) is 29.8. The lowest BCUT2D eigenvalue weighted by Gasteiger charge is -2.04. The van der Waals surface area contributed by atoms with E-state index in [0.717, 1.165) is 98.5 Å². The number of aryl methyl sites for hydroxylation is 4. The zero-order valence-corrected chi connectivity index (χ0v) is 28.4. The molecule has 4 heterocycles. The van der Waals surface area contributed by atoms with Crippen LogP contribution in [0.3, 0.4) is 0 Å². The fourth-order valence-corrected chi connectivity index (χ4v) is 6.34. The molecule has 8 rings (SSSR count). The second kappa shape index (κ2) is 13.0. The van der Waals surface area contributed by atoms with Crippen LogP contribution in [0.1, 0.15) is 50.8 Å². The van der Waals surface area contributed by atoms with Crippen LogP contribution >= 0.6 is 0 Å². The van der Waals surface area contributed by atoms with Crippen LogP contribution < -0.4 is 5.73 Å². The third kappa shape index (κ3) is 6.29. The van der Waals surface area contributed by atoms with E-state index >= 15 is 0 Å². The number of benzene rings is 4. The molecule has 0 aliphatic heterocycles. The van der Waals surface area contributed by atoms with Crippen LogP contribution in [0, 0.1) is 13.8 Å². The summed E-state index contributed by atoms with van der Waals surface area (Å²) in [5, 5.41) is 0. The molecule has 0 radical (unpaired) electrons. The van der Waals surface area contributed by atoms with Gasteiger partial charge in [0.05, 0.1) is 22.1 Å². The molecule has 2 N–H and O–H groups in total. The highest BCUT2D eigenvalue weighted by Gasteiger charge is 2.14. The Hall–Kier alpha value is -5.77.